The van der Waals surface area contributed by atoms with Gasteiger partial charge in [-0.15, -0.1) is 0 Å². The largest absolute Gasteiger partial charge is 0.350 e. The molecule has 2 aromatic rings. The molecule has 1 fully saturated rings. The van der Waals surface area contributed by atoms with Crippen molar-refractivity contribution in [2.24, 2.45) is 0 Å². The Hall–Kier alpha value is -2.42. The molecule has 1 saturated heterocycles. The highest BCUT2D eigenvalue weighted by Gasteiger charge is 2.18. The molecular weight excluding hydrogens is 274 g/mol. The second kappa shape index (κ2) is 5.52. The molecule has 112 valence electrons. The second-order valence-electron chi connectivity index (χ2n) is 4.99. The molecular formula is C12H17N7O2. The van der Waals surface area contributed by atoms with Gasteiger partial charge in [0.25, 0.3) is 0 Å². The summed E-state index contributed by atoms with van der Waals surface area (Å²) in [5.41, 5.74) is 0.148. The fourth-order valence-corrected chi connectivity index (χ4v) is 2.31. The van der Waals surface area contributed by atoms with Crippen LogP contribution in [0.3, 0.4) is 0 Å². The van der Waals surface area contributed by atoms with E-state index in [0.29, 0.717) is 11.5 Å². The average molecular weight is 291 g/mol. The Balaban J connectivity index is 1.72. The molecule has 0 unspecified atom stereocenters. The molecule has 1 aliphatic heterocycles. The van der Waals surface area contributed by atoms with E-state index in [1.807, 2.05) is 4.90 Å². The molecule has 21 heavy (non-hydrogen) atoms. The zero-order valence-corrected chi connectivity index (χ0v) is 11.7. The maximum Gasteiger partial charge on any atom is 0.348 e. The summed E-state index contributed by atoms with van der Waals surface area (Å²) in [6, 6.07) is 1.67. The number of likely N-dealkylation sites (N-methyl/N-ethyl adjacent to an activating group) is 1. The highest BCUT2D eigenvalue weighted by molar-refractivity contribution is 5.81. The number of nitrogens with one attached hydrogen (secondary N) is 2. The number of fused-ring (bicyclic) bond motifs is 1. The molecule has 3 heterocycles. The van der Waals surface area contributed by atoms with E-state index in [0.717, 1.165) is 26.2 Å². The second-order valence-corrected chi connectivity index (χ2v) is 4.99. The number of carbonyl (C=O) groups excluding carboxylic acids is 1. The molecule has 0 aliphatic carbocycles. The van der Waals surface area contributed by atoms with Crippen molar-refractivity contribution in [2.75, 3.05) is 44.7 Å². The van der Waals surface area contributed by atoms with Gasteiger partial charge in [0.15, 0.2) is 5.65 Å². The van der Waals surface area contributed by atoms with Gasteiger partial charge in [0, 0.05) is 39.3 Å². The number of H-pyrrole nitrogens is 1. The smallest absolute Gasteiger partial charge is 0.348 e. The van der Waals surface area contributed by atoms with Crippen LogP contribution in [0.15, 0.2) is 17.2 Å². The summed E-state index contributed by atoms with van der Waals surface area (Å²) in [5.74, 6) is 0.671. The third-order valence-electron chi connectivity index (χ3n) is 3.53. The fourth-order valence-electron chi connectivity index (χ4n) is 2.31. The summed E-state index contributed by atoms with van der Waals surface area (Å²) in [5, 5.41) is 9.45. The SMILES string of the molecule is CN(CC(=O)N1CCNCC1)c1cc2n[nH]c(=O)n2cn1. The molecule has 2 aromatic heterocycles. The van der Waals surface area contributed by atoms with E-state index in [-0.39, 0.29) is 18.1 Å². The molecule has 0 bridgehead atoms. The van der Waals surface area contributed by atoms with Crippen LogP contribution in [0.1, 0.15) is 0 Å². The van der Waals surface area contributed by atoms with Gasteiger partial charge in [-0.2, -0.15) is 5.10 Å². The summed E-state index contributed by atoms with van der Waals surface area (Å²) in [6.45, 7) is 3.37. The number of carbonyl (C=O) groups is 1. The molecule has 0 aromatic carbocycles. The molecule has 3 rings (SSSR count). The quantitative estimate of drug-likeness (QED) is 0.698. The van der Waals surface area contributed by atoms with Crippen molar-refractivity contribution in [3.63, 3.8) is 0 Å². The first-order chi connectivity index (χ1) is 10.1. The number of hydrogen-bond donors (Lipinski definition) is 2. The minimum Gasteiger partial charge on any atom is -0.350 e. The lowest BCUT2D eigenvalue weighted by atomic mass is 10.3. The molecule has 9 nitrogen and oxygen atoms in total. The van der Waals surface area contributed by atoms with Gasteiger partial charge in [0.1, 0.15) is 12.1 Å². The van der Waals surface area contributed by atoms with Crippen molar-refractivity contribution in [1.82, 2.24) is 29.8 Å². The van der Waals surface area contributed by atoms with Gasteiger partial charge in [-0.3, -0.25) is 4.79 Å². The van der Waals surface area contributed by atoms with Gasteiger partial charge in [-0.05, 0) is 0 Å². The maximum absolute atomic E-state index is 12.2. The van der Waals surface area contributed by atoms with Crippen molar-refractivity contribution < 1.29 is 4.79 Å². The predicted molar refractivity (Wildman–Crippen MR) is 76.3 cm³/mol. The molecule has 2 N–H and O–H groups in total. The van der Waals surface area contributed by atoms with E-state index >= 15 is 0 Å². The van der Waals surface area contributed by atoms with Crippen LogP contribution in [0.25, 0.3) is 5.65 Å². The van der Waals surface area contributed by atoms with Gasteiger partial charge in [0.2, 0.25) is 5.91 Å². The lowest BCUT2D eigenvalue weighted by Crippen LogP contribution is -2.49. The number of hydrogen-bond acceptors (Lipinski definition) is 6. The molecule has 0 saturated carbocycles. The molecule has 0 radical (unpaired) electrons. The summed E-state index contributed by atoms with van der Waals surface area (Å²) < 4.78 is 1.31. The average Bonchev–Trinajstić information content (AvgIpc) is 2.89. The first-order valence-corrected chi connectivity index (χ1v) is 6.77. The van der Waals surface area contributed by atoms with E-state index in [9.17, 15) is 9.59 Å². The molecule has 9 heteroatoms. The monoisotopic (exact) mass is 291 g/mol. The minimum atomic E-state index is -0.330. The van der Waals surface area contributed by atoms with Crippen LogP contribution in [0, 0.1) is 0 Å². The van der Waals surface area contributed by atoms with E-state index in [1.165, 1.54) is 10.7 Å². The molecule has 0 atom stereocenters. The normalized spacial score (nSPS) is 15.4. The first-order valence-electron chi connectivity index (χ1n) is 6.77. The highest BCUT2D eigenvalue weighted by Crippen LogP contribution is 2.09. The molecule has 1 amide bonds. The topological polar surface area (TPSA) is 98.6 Å². The van der Waals surface area contributed by atoms with Crippen molar-refractivity contribution in [3.8, 4) is 0 Å². The van der Waals surface area contributed by atoms with Gasteiger partial charge in [-0.25, -0.2) is 19.3 Å². The van der Waals surface area contributed by atoms with Crippen molar-refractivity contribution >= 4 is 17.4 Å². The predicted octanol–water partition coefficient (Wildman–Crippen LogP) is -1.71. The third kappa shape index (κ3) is 2.72. The Morgan fingerprint density at radius 1 is 1.43 bits per heavy atom. The highest BCUT2D eigenvalue weighted by atomic mass is 16.2. The number of rotatable bonds is 3. The van der Waals surface area contributed by atoms with Crippen molar-refractivity contribution in [1.29, 1.82) is 0 Å². The number of anilines is 1. The Kier molecular flexibility index (Phi) is 3.57. The number of amides is 1. The van der Waals surface area contributed by atoms with Gasteiger partial charge in [-0.1, -0.05) is 0 Å². The summed E-state index contributed by atoms with van der Waals surface area (Å²) in [6.07, 6.45) is 1.41. The third-order valence-corrected chi connectivity index (χ3v) is 3.53. The Morgan fingerprint density at radius 2 is 2.19 bits per heavy atom. The number of piperazine rings is 1. The number of nitrogens with zero attached hydrogens (tertiary/aromatic N) is 5. The van der Waals surface area contributed by atoms with E-state index in [2.05, 4.69) is 20.5 Å². The van der Waals surface area contributed by atoms with Crippen molar-refractivity contribution in [2.45, 2.75) is 0 Å². The summed E-state index contributed by atoms with van der Waals surface area (Å²) in [7, 11) is 1.80. The zero-order chi connectivity index (χ0) is 14.8. The lowest BCUT2D eigenvalue weighted by Gasteiger charge is -2.29. The van der Waals surface area contributed by atoms with Crippen LogP contribution < -0.4 is 15.9 Å². The van der Waals surface area contributed by atoms with E-state index < -0.39 is 0 Å². The zero-order valence-electron chi connectivity index (χ0n) is 11.7. The van der Waals surface area contributed by atoms with Crippen LogP contribution in [0.5, 0.6) is 0 Å². The minimum absolute atomic E-state index is 0.0695. The van der Waals surface area contributed by atoms with Crippen LogP contribution in [-0.2, 0) is 4.79 Å². The van der Waals surface area contributed by atoms with Crippen molar-refractivity contribution in [3.05, 3.63) is 22.9 Å². The first kappa shape index (κ1) is 13.6. The maximum atomic E-state index is 12.2. The fraction of sp³-hybridized carbons (Fsp3) is 0.500. The Labute approximate surface area is 120 Å². The lowest BCUT2D eigenvalue weighted by molar-refractivity contribution is -0.130. The van der Waals surface area contributed by atoms with E-state index in [1.54, 1.807) is 18.0 Å². The van der Waals surface area contributed by atoms with Crippen LogP contribution in [-0.4, -0.2) is 70.2 Å². The standard InChI is InChI=1S/C12H17N7O2/c1-17(7-11(20)18-4-2-13-3-5-18)9-6-10-15-16-12(21)19(10)8-14-9/h6,8,13H,2-5,7H2,1H3,(H,16,21). The summed E-state index contributed by atoms with van der Waals surface area (Å²) in [4.78, 5) is 31.3. The van der Waals surface area contributed by atoms with E-state index in [4.69, 9.17) is 0 Å². The van der Waals surface area contributed by atoms with Gasteiger partial charge in [0.05, 0.1) is 6.54 Å². The Morgan fingerprint density at radius 3 is 2.95 bits per heavy atom. The number of aromatic amines is 1. The Bertz CT molecular complexity index is 701. The van der Waals surface area contributed by atoms with Gasteiger partial charge >= 0.3 is 5.69 Å². The van der Waals surface area contributed by atoms with Crippen LogP contribution in [0.4, 0.5) is 5.82 Å². The molecule has 1 aliphatic rings. The molecule has 0 spiro atoms. The van der Waals surface area contributed by atoms with Crippen LogP contribution >= 0.6 is 0 Å². The summed E-state index contributed by atoms with van der Waals surface area (Å²) >= 11 is 0. The number of aromatic nitrogens is 4. The van der Waals surface area contributed by atoms with Gasteiger partial charge < -0.3 is 15.1 Å². The van der Waals surface area contributed by atoms with Crippen LogP contribution in [0.2, 0.25) is 0 Å².